The maximum Gasteiger partial charge on any atom is 0.302 e. The van der Waals surface area contributed by atoms with E-state index in [0.717, 1.165) is 45.4 Å². The van der Waals surface area contributed by atoms with Gasteiger partial charge in [-0.2, -0.15) is 0 Å². The SMILES string of the molecule is COC1(CCC(C)COC2OC(C)C(O)C(O)C2O)OC2CC3C4CC=C5CC(OC6OC(CO)C(O)C(OC7OC(COC(C)=O)C(O)C(OC8OC(CO)C(O)C(O)C8O)C7O)C6O)CCC5(C)C4CCC3(C)C2C1C. The molecule has 4 aliphatic carbocycles. The first-order valence-corrected chi connectivity index (χ1v) is 28.2. The van der Waals surface area contributed by atoms with Crippen molar-refractivity contribution in [1.29, 1.82) is 0 Å². The van der Waals surface area contributed by atoms with Crippen LogP contribution in [0, 0.1) is 46.3 Å². The fourth-order valence-electron chi connectivity index (χ4n) is 15.5. The highest BCUT2D eigenvalue weighted by molar-refractivity contribution is 5.65. The van der Waals surface area contributed by atoms with E-state index < -0.39 is 161 Å². The van der Waals surface area contributed by atoms with E-state index in [1.807, 2.05) is 0 Å². The van der Waals surface area contributed by atoms with Crippen LogP contribution in [0.2, 0.25) is 0 Å². The van der Waals surface area contributed by atoms with Gasteiger partial charge in [-0.3, -0.25) is 4.79 Å². The summed E-state index contributed by atoms with van der Waals surface area (Å²) in [5.41, 5.74) is 1.18. The number of fused-ring (bicyclic) bond motifs is 7. The number of rotatable bonds is 17. The van der Waals surface area contributed by atoms with Crippen LogP contribution < -0.4 is 0 Å². The Hall–Kier alpha value is -1.67. The molecule has 5 saturated heterocycles. The molecule has 0 radical (unpaired) electrons. The molecule has 8 fully saturated rings. The van der Waals surface area contributed by atoms with Gasteiger partial charge in [0.1, 0.15) is 98.2 Å². The first kappa shape index (κ1) is 60.9. The van der Waals surface area contributed by atoms with E-state index in [-0.39, 0.29) is 35.4 Å². The van der Waals surface area contributed by atoms with Gasteiger partial charge in [-0.25, -0.2) is 0 Å². The lowest BCUT2D eigenvalue weighted by molar-refractivity contribution is -0.382. The van der Waals surface area contributed by atoms with E-state index in [0.29, 0.717) is 42.9 Å². The lowest BCUT2D eigenvalue weighted by atomic mass is 9.47. The summed E-state index contributed by atoms with van der Waals surface area (Å²) in [6.07, 6.45) is -21.9. The summed E-state index contributed by atoms with van der Waals surface area (Å²) in [7, 11) is 1.73. The number of aliphatic hydroxyl groups is 12. The van der Waals surface area contributed by atoms with Crippen molar-refractivity contribution < 1.29 is 118 Å². The minimum absolute atomic E-state index is 0.0275. The van der Waals surface area contributed by atoms with Crippen LogP contribution in [0.4, 0.5) is 0 Å². The summed E-state index contributed by atoms with van der Waals surface area (Å²) in [5.74, 6) is 0.240. The highest BCUT2D eigenvalue weighted by Crippen LogP contribution is 2.70. The van der Waals surface area contributed by atoms with Gasteiger partial charge in [-0.1, -0.05) is 39.3 Å². The van der Waals surface area contributed by atoms with Crippen LogP contribution in [0.15, 0.2) is 11.6 Å². The van der Waals surface area contributed by atoms with Gasteiger partial charge in [0.15, 0.2) is 30.9 Å². The summed E-state index contributed by atoms with van der Waals surface area (Å²) < 4.78 is 65.7. The Morgan fingerprint density at radius 2 is 1.29 bits per heavy atom. The molecule has 24 heteroatoms. The maximum atomic E-state index is 11.9. The van der Waals surface area contributed by atoms with Gasteiger partial charge in [-0.05, 0) is 98.7 Å². The van der Waals surface area contributed by atoms with Crippen molar-refractivity contribution in [2.75, 3.05) is 33.5 Å². The first-order valence-electron chi connectivity index (χ1n) is 28.2. The fraction of sp³-hybridized carbons (Fsp3) is 0.944. The van der Waals surface area contributed by atoms with Crippen LogP contribution in [0.5, 0.6) is 0 Å². The molecule has 9 aliphatic rings. The molecule has 5 heterocycles. The zero-order chi connectivity index (χ0) is 56.5. The number of aliphatic hydroxyl groups excluding tert-OH is 12. The van der Waals surface area contributed by atoms with Crippen molar-refractivity contribution in [3.05, 3.63) is 11.6 Å². The number of allylic oxidation sites excluding steroid dienone is 1. The summed E-state index contributed by atoms with van der Waals surface area (Å²) in [6, 6.07) is 0. The van der Waals surface area contributed by atoms with Gasteiger partial charge < -0.3 is 113 Å². The van der Waals surface area contributed by atoms with Crippen molar-refractivity contribution in [3.63, 3.8) is 0 Å². The zero-order valence-electron chi connectivity index (χ0n) is 45.7. The van der Waals surface area contributed by atoms with Crippen LogP contribution >= 0.6 is 0 Å². The fourth-order valence-corrected chi connectivity index (χ4v) is 15.5. The Balaban J connectivity index is 0.828. The number of hydrogen-bond acceptors (Lipinski definition) is 24. The predicted molar refractivity (Wildman–Crippen MR) is 265 cm³/mol. The second-order valence-corrected chi connectivity index (χ2v) is 24.6. The predicted octanol–water partition coefficient (Wildman–Crippen LogP) is -1.78. The van der Waals surface area contributed by atoms with Gasteiger partial charge in [-0.15, -0.1) is 0 Å². The monoisotopic (exact) mass is 1120 g/mol. The highest BCUT2D eigenvalue weighted by Gasteiger charge is 2.68. The molecule has 5 aliphatic heterocycles. The molecule has 24 nitrogen and oxygen atoms in total. The van der Waals surface area contributed by atoms with Crippen LogP contribution in [0.1, 0.15) is 99.3 Å². The van der Waals surface area contributed by atoms with Crippen LogP contribution in [-0.4, -0.2) is 242 Å². The van der Waals surface area contributed by atoms with Gasteiger partial charge in [0, 0.05) is 26.4 Å². The number of ether oxygens (including phenoxy) is 11. The molecule has 0 aromatic carbocycles. The number of carbonyl (C=O) groups is 1. The third-order valence-electron chi connectivity index (χ3n) is 20.1. The summed E-state index contributed by atoms with van der Waals surface area (Å²) >= 11 is 0. The molecule has 3 saturated carbocycles. The number of esters is 1. The van der Waals surface area contributed by atoms with E-state index in [1.54, 1.807) is 14.0 Å². The van der Waals surface area contributed by atoms with E-state index in [9.17, 15) is 66.1 Å². The number of hydrogen-bond donors (Lipinski definition) is 12. The molecule has 0 amide bonds. The molecular formula is C54H88O24. The largest absolute Gasteiger partial charge is 0.463 e. The zero-order valence-corrected chi connectivity index (χ0v) is 45.7. The minimum Gasteiger partial charge on any atom is -0.463 e. The molecule has 12 N–H and O–H groups in total. The highest BCUT2D eigenvalue weighted by atomic mass is 16.8. The number of methoxy groups -OCH3 is 1. The minimum atomic E-state index is -1.98. The van der Waals surface area contributed by atoms with Crippen LogP contribution in [0.3, 0.4) is 0 Å². The van der Waals surface area contributed by atoms with Crippen molar-refractivity contribution >= 4 is 5.97 Å². The lowest BCUT2D eigenvalue weighted by Crippen LogP contribution is -2.67. The van der Waals surface area contributed by atoms with Gasteiger partial charge in [0.05, 0.1) is 38.1 Å². The molecule has 78 heavy (non-hydrogen) atoms. The average molecular weight is 1120 g/mol. The van der Waals surface area contributed by atoms with Gasteiger partial charge in [0.25, 0.3) is 0 Å². The molecule has 0 aromatic rings. The summed E-state index contributed by atoms with van der Waals surface area (Å²) in [4.78, 5) is 11.8. The molecule has 0 bridgehead atoms. The smallest absolute Gasteiger partial charge is 0.302 e. The Morgan fingerprint density at radius 3 is 1.94 bits per heavy atom. The summed E-state index contributed by atoms with van der Waals surface area (Å²) in [5, 5.41) is 129. The van der Waals surface area contributed by atoms with Crippen molar-refractivity contribution in [1.82, 2.24) is 0 Å². The van der Waals surface area contributed by atoms with E-state index in [4.69, 9.17) is 52.1 Å². The Labute approximate surface area is 454 Å². The van der Waals surface area contributed by atoms with Gasteiger partial charge >= 0.3 is 5.97 Å². The van der Waals surface area contributed by atoms with E-state index in [2.05, 4.69) is 33.8 Å². The second-order valence-electron chi connectivity index (χ2n) is 24.6. The Bertz CT molecular complexity index is 2050. The van der Waals surface area contributed by atoms with E-state index in [1.165, 1.54) is 5.57 Å². The second kappa shape index (κ2) is 24.1. The Kier molecular flexibility index (Phi) is 18.8. The number of carbonyl (C=O) groups excluding carboxylic acids is 1. The van der Waals surface area contributed by atoms with Crippen molar-refractivity contribution in [2.24, 2.45) is 46.3 Å². The van der Waals surface area contributed by atoms with Gasteiger partial charge in [0.2, 0.25) is 0 Å². The normalized spacial score (nSPS) is 52.6. The molecule has 0 aromatic heterocycles. The lowest BCUT2D eigenvalue weighted by Gasteiger charge is -2.58. The van der Waals surface area contributed by atoms with Crippen molar-refractivity contribution in [3.8, 4) is 0 Å². The van der Waals surface area contributed by atoms with E-state index >= 15 is 0 Å². The third kappa shape index (κ3) is 11.2. The quantitative estimate of drug-likeness (QED) is 0.0566. The molecule has 31 atom stereocenters. The Morgan fingerprint density at radius 1 is 0.705 bits per heavy atom. The van der Waals surface area contributed by atoms with Crippen LogP contribution in [0.25, 0.3) is 0 Å². The standard InChI is InChI=1S/C54H88O24/c1-22(20-70-48-42(64)40(62)36(58)24(3)71-48)10-15-54(68-7)23(2)35-31(78-54)17-30-28-9-8-26-16-27(11-13-52(26,5)29(28)12-14-53(30,35)6)72-50-44(66)46(38(60)33(19-56)74-50)77-51-45(67)47(39(61)34(75-51)21-69-25(4)57)76-49-43(65)41(63)37(59)32(18-55)73-49/h8,22-24,27-51,55-56,58-67H,9-21H2,1-7H3. The maximum absolute atomic E-state index is 11.9. The molecule has 448 valence electrons. The summed E-state index contributed by atoms with van der Waals surface area (Å²) in [6.45, 7) is 10.1. The average Bonchev–Trinajstić information content (AvgIpc) is 4.00. The molecule has 9 rings (SSSR count). The van der Waals surface area contributed by atoms with Crippen molar-refractivity contribution in [2.45, 2.75) is 240 Å². The van der Waals surface area contributed by atoms with Crippen LogP contribution in [-0.2, 0) is 56.9 Å². The first-order chi connectivity index (χ1) is 36.9. The molecule has 31 unspecified atom stereocenters. The third-order valence-corrected chi connectivity index (χ3v) is 20.1. The molecule has 0 spiro atoms. The topological polar surface area (TPSA) is 361 Å². The molecular weight excluding hydrogens is 1030 g/mol.